The highest BCUT2D eigenvalue weighted by atomic mass is 79.9. The van der Waals surface area contributed by atoms with Gasteiger partial charge < -0.3 is 9.84 Å². The number of benzene rings is 2. The second-order valence-corrected chi connectivity index (χ2v) is 5.64. The van der Waals surface area contributed by atoms with Crippen LogP contribution >= 0.6 is 15.9 Å². The summed E-state index contributed by atoms with van der Waals surface area (Å²) in [7, 11) is 0. The zero-order valence-corrected chi connectivity index (χ0v) is 12.9. The van der Waals surface area contributed by atoms with Crippen LogP contribution in [0, 0.1) is 13.8 Å². The number of aliphatic hydroxyl groups is 1. The molecule has 0 spiro atoms. The van der Waals surface area contributed by atoms with Crippen LogP contribution in [0.25, 0.3) is 0 Å². The molecule has 0 aromatic heterocycles. The molecule has 0 aliphatic carbocycles. The minimum atomic E-state index is -0.496. The number of hydrogen-bond donors (Lipinski definition) is 1. The first kappa shape index (κ1) is 14.1. The summed E-state index contributed by atoms with van der Waals surface area (Å²) in [6.45, 7) is 5.84. The smallest absolute Gasteiger partial charge is 0.128 e. The minimum absolute atomic E-state index is 0.496. The monoisotopic (exact) mass is 320 g/mol. The molecule has 19 heavy (non-hydrogen) atoms. The predicted molar refractivity (Wildman–Crippen MR) is 80.8 cm³/mol. The van der Waals surface area contributed by atoms with Gasteiger partial charge in [0.05, 0.1) is 6.10 Å². The lowest BCUT2D eigenvalue weighted by molar-refractivity contribution is 0.198. The zero-order chi connectivity index (χ0) is 14.0. The van der Waals surface area contributed by atoms with Crippen molar-refractivity contribution in [2.45, 2.75) is 26.9 Å². The highest BCUT2D eigenvalue weighted by molar-refractivity contribution is 9.10. The van der Waals surface area contributed by atoms with Crippen LogP contribution < -0.4 is 4.74 Å². The lowest BCUT2D eigenvalue weighted by Gasteiger charge is -2.11. The van der Waals surface area contributed by atoms with Crippen molar-refractivity contribution >= 4 is 15.9 Å². The number of aryl methyl sites for hydroxylation is 2. The van der Waals surface area contributed by atoms with Gasteiger partial charge in [-0.25, -0.2) is 0 Å². The van der Waals surface area contributed by atoms with Crippen LogP contribution in [0.5, 0.6) is 11.5 Å². The molecule has 1 atom stereocenters. The van der Waals surface area contributed by atoms with Gasteiger partial charge in [-0.3, -0.25) is 0 Å². The fourth-order valence-electron chi connectivity index (χ4n) is 2.04. The quantitative estimate of drug-likeness (QED) is 0.870. The van der Waals surface area contributed by atoms with E-state index >= 15 is 0 Å². The Morgan fingerprint density at radius 2 is 1.63 bits per heavy atom. The van der Waals surface area contributed by atoms with Crippen LogP contribution in [0.15, 0.2) is 40.9 Å². The summed E-state index contributed by atoms with van der Waals surface area (Å²) in [4.78, 5) is 0. The third-order valence-electron chi connectivity index (χ3n) is 2.85. The molecule has 0 heterocycles. The summed E-state index contributed by atoms with van der Waals surface area (Å²) >= 11 is 3.45. The molecule has 0 bridgehead atoms. The van der Waals surface area contributed by atoms with Gasteiger partial charge in [0.25, 0.3) is 0 Å². The maximum atomic E-state index is 9.59. The summed E-state index contributed by atoms with van der Waals surface area (Å²) in [5.41, 5.74) is 3.21. The minimum Gasteiger partial charge on any atom is -0.457 e. The number of ether oxygens (including phenoxy) is 1. The van der Waals surface area contributed by atoms with E-state index in [9.17, 15) is 5.11 Å². The van der Waals surface area contributed by atoms with Gasteiger partial charge >= 0.3 is 0 Å². The first-order chi connectivity index (χ1) is 8.95. The van der Waals surface area contributed by atoms with Gasteiger partial charge in [-0.1, -0.05) is 28.1 Å². The van der Waals surface area contributed by atoms with E-state index in [1.807, 2.05) is 44.2 Å². The molecule has 0 unspecified atom stereocenters. The molecule has 3 heteroatoms. The van der Waals surface area contributed by atoms with Crippen LogP contribution in [0.1, 0.15) is 29.7 Å². The van der Waals surface area contributed by atoms with Gasteiger partial charge in [0.2, 0.25) is 0 Å². The highest BCUT2D eigenvalue weighted by Crippen LogP contribution is 2.30. The standard InChI is InChI=1S/C16H17BrO2/c1-10-6-11(2)8-14(7-10)19-13-4-5-15(12(3)18)16(17)9-13/h4-9,12,18H,1-3H3/t12-/m0/s1. The van der Waals surface area contributed by atoms with Crippen molar-refractivity contribution in [3.05, 3.63) is 57.6 Å². The summed E-state index contributed by atoms with van der Waals surface area (Å²) < 4.78 is 6.70. The number of aliphatic hydroxyl groups excluding tert-OH is 1. The Bertz CT molecular complexity index is 571. The highest BCUT2D eigenvalue weighted by Gasteiger charge is 2.08. The summed E-state index contributed by atoms with van der Waals surface area (Å²) in [5.74, 6) is 1.58. The molecule has 2 nitrogen and oxygen atoms in total. The molecule has 1 N–H and O–H groups in total. The van der Waals surface area contributed by atoms with Crippen LogP contribution in [-0.4, -0.2) is 5.11 Å². The van der Waals surface area contributed by atoms with E-state index in [2.05, 4.69) is 22.0 Å². The van der Waals surface area contributed by atoms with E-state index < -0.39 is 6.10 Å². The van der Waals surface area contributed by atoms with Gasteiger partial charge in [-0.2, -0.15) is 0 Å². The van der Waals surface area contributed by atoms with Crippen molar-refractivity contribution in [2.75, 3.05) is 0 Å². The number of hydrogen-bond acceptors (Lipinski definition) is 2. The van der Waals surface area contributed by atoms with E-state index in [4.69, 9.17) is 4.74 Å². The molecule has 2 aromatic carbocycles. The molecule has 0 amide bonds. The number of rotatable bonds is 3. The van der Waals surface area contributed by atoms with Crippen molar-refractivity contribution in [2.24, 2.45) is 0 Å². The normalized spacial score (nSPS) is 12.3. The molecular formula is C16H17BrO2. The fourth-order valence-corrected chi connectivity index (χ4v) is 2.73. The Kier molecular flexibility index (Phi) is 4.27. The second kappa shape index (κ2) is 5.76. The van der Waals surface area contributed by atoms with Crippen molar-refractivity contribution in [1.82, 2.24) is 0 Å². The van der Waals surface area contributed by atoms with Crippen molar-refractivity contribution in [3.63, 3.8) is 0 Å². The van der Waals surface area contributed by atoms with Crippen molar-refractivity contribution < 1.29 is 9.84 Å². The number of halogens is 1. The van der Waals surface area contributed by atoms with Gasteiger partial charge in [0, 0.05) is 4.47 Å². The van der Waals surface area contributed by atoms with Crippen LogP contribution in [-0.2, 0) is 0 Å². The summed E-state index contributed by atoms with van der Waals surface area (Å²) in [5, 5.41) is 9.59. The first-order valence-corrected chi connectivity index (χ1v) is 6.98. The molecule has 2 aromatic rings. The molecule has 0 fully saturated rings. The third kappa shape index (κ3) is 3.58. The van der Waals surface area contributed by atoms with Gasteiger partial charge in [0.1, 0.15) is 11.5 Å². The van der Waals surface area contributed by atoms with Crippen LogP contribution in [0.3, 0.4) is 0 Å². The Morgan fingerprint density at radius 3 is 2.16 bits per heavy atom. The van der Waals surface area contributed by atoms with E-state index in [0.717, 1.165) is 21.5 Å². The molecule has 0 saturated carbocycles. The van der Waals surface area contributed by atoms with E-state index in [1.165, 1.54) is 11.1 Å². The van der Waals surface area contributed by atoms with E-state index in [-0.39, 0.29) is 0 Å². The average Bonchev–Trinajstić information content (AvgIpc) is 2.26. The lowest BCUT2D eigenvalue weighted by atomic mass is 10.1. The van der Waals surface area contributed by atoms with Crippen LogP contribution in [0.2, 0.25) is 0 Å². The first-order valence-electron chi connectivity index (χ1n) is 6.19. The molecular weight excluding hydrogens is 304 g/mol. The van der Waals surface area contributed by atoms with Crippen molar-refractivity contribution in [1.29, 1.82) is 0 Å². The predicted octanol–water partition coefficient (Wildman–Crippen LogP) is 4.91. The summed E-state index contributed by atoms with van der Waals surface area (Å²) in [6, 6.07) is 11.7. The topological polar surface area (TPSA) is 29.5 Å². The Labute approximate surface area is 122 Å². The van der Waals surface area contributed by atoms with Crippen molar-refractivity contribution in [3.8, 4) is 11.5 Å². The Morgan fingerprint density at radius 1 is 1.00 bits per heavy atom. The largest absolute Gasteiger partial charge is 0.457 e. The fraction of sp³-hybridized carbons (Fsp3) is 0.250. The van der Waals surface area contributed by atoms with Crippen LogP contribution in [0.4, 0.5) is 0 Å². The maximum Gasteiger partial charge on any atom is 0.128 e. The Hall–Kier alpha value is -1.32. The second-order valence-electron chi connectivity index (χ2n) is 4.78. The lowest BCUT2D eigenvalue weighted by Crippen LogP contribution is -1.93. The average molecular weight is 321 g/mol. The SMILES string of the molecule is Cc1cc(C)cc(Oc2ccc([C@H](C)O)c(Br)c2)c1. The van der Waals surface area contributed by atoms with E-state index in [1.54, 1.807) is 6.92 Å². The molecule has 2 rings (SSSR count). The molecule has 0 radical (unpaired) electrons. The van der Waals surface area contributed by atoms with Gasteiger partial charge in [0.15, 0.2) is 0 Å². The van der Waals surface area contributed by atoms with Gasteiger partial charge in [-0.15, -0.1) is 0 Å². The van der Waals surface area contributed by atoms with Gasteiger partial charge in [-0.05, 0) is 61.7 Å². The maximum absolute atomic E-state index is 9.59. The third-order valence-corrected chi connectivity index (χ3v) is 3.54. The Balaban J connectivity index is 2.26. The van der Waals surface area contributed by atoms with E-state index in [0.29, 0.717) is 0 Å². The molecule has 0 saturated heterocycles. The zero-order valence-electron chi connectivity index (χ0n) is 11.3. The summed E-state index contributed by atoms with van der Waals surface area (Å²) in [6.07, 6.45) is -0.496. The molecule has 100 valence electrons. The molecule has 0 aliphatic heterocycles. The molecule has 0 aliphatic rings.